The third-order valence-electron chi connectivity index (χ3n) is 6.54. The van der Waals surface area contributed by atoms with Crippen LogP contribution in [-0.2, 0) is 0 Å². The average molecular weight is 453 g/mol. The summed E-state index contributed by atoms with van der Waals surface area (Å²) in [5.74, 6) is 1.60. The van der Waals surface area contributed by atoms with Gasteiger partial charge in [0.2, 0.25) is 0 Å². The molecule has 0 saturated heterocycles. The fourth-order valence-electron chi connectivity index (χ4n) is 4.39. The zero-order chi connectivity index (χ0) is 23.9. The topological polar surface area (TPSA) is 9.49 Å². The Kier molecular flexibility index (Phi) is 22.9. The van der Waals surface area contributed by atoms with Crippen LogP contribution in [0.1, 0.15) is 144 Å². The monoisotopic (exact) mass is 452 g/mol. The van der Waals surface area contributed by atoms with Crippen molar-refractivity contribution in [2.45, 2.75) is 144 Å². The van der Waals surface area contributed by atoms with E-state index in [-0.39, 0.29) is 0 Å². The molecule has 0 rings (SSSR count). The van der Waals surface area contributed by atoms with E-state index in [0.717, 1.165) is 0 Å². The lowest BCUT2D eigenvalue weighted by Crippen LogP contribution is -2.51. The van der Waals surface area contributed by atoms with Crippen molar-refractivity contribution in [1.82, 2.24) is 9.80 Å². The van der Waals surface area contributed by atoms with Gasteiger partial charge in [0, 0.05) is 0 Å². The highest BCUT2D eigenvalue weighted by molar-refractivity contribution is 5.75. The summed E-state index contributed by atoms with van der Waals surface area (Å²) in [7, 11) is 0. The van der Waals surface area contributed by atoms with Gasteiger partial charge in [-0.1, -0.05) is 106 Å². The molecule has 32 heavy (non-hydrogen) atoms. The summed E-state index contributed by atoms with van der Waals surface area (Å²) < 4.78 is 2.84. The van der Waals surface area contributed by atoms with Crippen molar-refractivity contribution in [3.05, 3.63) is 0 Å². The molecule has 0 heterocycles. The van der Waals surface area contributed by atoms with Crippen molar-refractivity contribution in [1.29, 1.82) is 0 Å². The number of rotatable bonds is 22. The molecule has 0 bridgehead atoms. The van der Waals surface area contributed by atoms with E-state index in [1.807, 2.05) is 0 Å². The van der Waals surface area contributed by atoms with Crippen molar-refractivity contribution in [3.8, 4) is 0 Å². The second-order valence-corrected chi connectivity index (χ2v) is 9.80. The van der Waals surface area contributed by atoms with Crippen LogP contribution in [0.15, 0.2) is 0 Å². The van der Waals surface area contributed by atoms with E-state index in [9.17, 15) is 0 Å². The van der Waals surface area contributed by atoms with E-state index in [2.05, 4.69) is 55.9 Å². The minimum atomic E-state index is 1.22. The first-order chi connectivity index (χ1) is 15.7. The highest BCUT2D eigenvalue weighted by Gasteiger charge is 2.28. The summed E-state index contributed by atoms with van der Waals surface area (Å²) in [6.07, 6.45) is 21.2. The number of unbranched alkanes of at least 4 members (excludes halogenated alkanes) is 10. The predicted octanol–water partition coefficient (Wildman–Crippen LogP) is 8.32. The quantitative estimate of drug-likeness (QED) is 0.0706. The molecule has 0 fully saturated rings. The summed E-state index contributed by atoms with van der Waals surface area (Å²) in [5.41, 5.74) is 0. The zero-order valence-electron chi connectivity index (χ0n) is 23.4. The van der Waals surface area contributed by atoms with Gasteiger partial charge in [0.05, 0.1) is 39.3 Å². The van der Waals surface area contributed by atoms with Crippen molar-refractivity contribution < 1.29 is 4.58 Å². The molecule has 0 atom stereocenters. The van der Waals surface area contributed by atoms with Gasteiger partial charge in [-0.15, -0.1) is 0 Å². The lowest BCUT2D eigenvalue weighted by atomic mass is 10.2. The van der Waals surface area contributed by atoms with E-state index >= 15 is 0 Å². The Balaban J connectivity index is 6.04. The largest absolute Gasteiger partial charge is 0.350 e. The lowest BCUT2D eigenvalue weighted by Gasteiger charge is -2.31. The average Bonchev–Trinajstić information content (AvgIpc) is 2.81. The van der Waals surface area contributed by atoms with E-state index in [1.54, 1.807) is 5.96 Å². The standard InChI is InChI=1S/C29H62N3/c1-7-13-19-21-27-32(28-22-20-14-8-2)29(30(23-15-9-3)24-16-10-4)31(25-17-11-5)26-18-12-6/h7-28H2,1-6H3/q+1. The van der Waals surface area contributed by atoms with Gasteiger partial charge < -0.3 is 0 Å². The Bertz CT molecular complexity index is 367. The van der Waals surface area contributed by atoms with Crippen LogP contribution in [0, 0.1) is 0 Å². The number of nitrogens with zero attached hydrogens (tertiary/aromatic N) is 3. The van der Waals surface area contributed by atoms with Gasteiger partial charge in [0.25, 0.3) is 0 Å². The van der Waals surface area contributed by atoms with Gasteiger partial charge in [-0.05, 0) is 38.5 Å². The second kappa shape index (κ2) is 23.4. The Morgan fingerprint density at radius 3 is 1.00 bits per heavy atom. The molecule has 0 aliphatic rings. The number of hydrogen-bond donors (Lipinski definition) is 0. The molecule has 0 aromatic carbocycles. The van der Waals surface area contributed by atoms with Gasteiger partial charge in [0.1, 0.15) is 0 Å². The van der Waals surface area contributed by atoms with Gasteiger partial charge in [-0.25, -0.2) is 0 Å². The van der Waals surface area contributed by atoms with Crippen molar-refractivity contribution in [3.63, 3.8) is 0 Å². The summed E-state index contributed by atoms with van der Waals surface area (Å²) in [4.78, 5) is 5.61. The zero-order valence-corrected chi connectivity index (χ0v) is 23.4. The van der Waals surface area contributed by atoms with Crippen molar-refractivity contribution in [2.75, 3.05) is 39.3 Å². The third-order valence-corrected chi connectivity index (χ3v) is 6.54. The van der Waals surface area contributed by atoms with Crippen molar-refractivity contribution >= 4 is 5.96 Å². The minimum absolute atomic E-state index is 1.22. The summed E-state index contributed by atoms with van der Waals surface area (Å²) >= 11 is 0. The minimum Gasteiger partial charge on any atom is -0.265 e. The Labute approximate surface area is 204 Å². The first-order valence-electron chi connectivity index (χ1n) is 14.8. The molecule has 0 radical (unpaired) electrons. The smallest absolute Gasteiger partial charge is 0.265 e. The van der Waals surface area contributed by atoms with Gasteiger partial charge in [0.15, 0.2) is 0 Å². The molecule has 0 N–H and O–H groups in total. The molecule has 3 heteroatoms. The SMILES string of the molecule is CCCCCC[N+](CCCCCC)=C(N(CCCC)CCCC)N(CCCC)CCCC. The molecular weight excluding hydrogens is 390 g/mol. The molecule has 3 nitrogen and oxygen atoms in total. The maximum atomic E-state index is 2.84. The van der Waals surface area contributed by atoms with E-state index in [1.165, 1.54) is 142 Å². The molecule has 0 spiro atoms. The Morgan fingerprint density at radius 1 is 0.406 bits per heavy atom. The molecule has 0 amide bonds. The van der Waals surface area contributed by atoms with Crippen LogP contribution < -0.4 is 0 Å². The van der Waals surface area contributed by atoms with Gasteiger partial charge in [-0.3, -0.25) is 14.4 Å². The Morgan fingerprint density at radius 2 is 0.719 bits per heavy atom. The first kappa shape index (κ1) is 31.3. The van der Waals surface area contributed by atoms with Crippen LogP contribution in [0.25, 0.3) is 0 Å². The maximum Gasteiger partial charge on any atom is 0.350 e. The fourth-order valence-corrected chi connectivity index (χ4v) is 4.39. The molecule has 0 saturated carbocycles. The van der Waals surface area contributed by atoms with Crippen LogP contribution >= 0.6 is 0 Å². The highest BCUT2D eigenvalue weighted by atomic mass is 15.4. The van der Waals surface area contributed by atoms with Crippen LogP contribution in [0.2, 0.25) is 0 Å². The number of guanidine groups is 1. The molecule has 192 valence electrons. The normalized spacial score (nSPS) is 11.1. The summed E-state index contributed by atoms with van der Waals surface area (Å²) in [5, 5.41) is 0. The summed E-state index contributed by atoms with van der Waals surface area (Å²) in [6.45, 7) is 21.4. The molecule has 0 aliphatic heterocycles. The molecule has 0 unspecified atom stereocenters. The molecule has 0 aliphatic carbocycles. The van der Waals surface area contributed by atoms with Crippen LogP contribution in [0.5, 0.6) is 0 Å². The highest BCUT2D eigenvalue weighted by Crippen LogP contribution is 2.12. The first-order valence-corrected chi connectivity index (χ1v) is 14.8. The van der Waals surface area contributed by atoms with Gasteiger partial charge >= 0.3 is 5.96 Å². The second-order valence-electron chi connectivity index (χ2n) is 9.80. The molecule has 0 aromatic heterocycles. The molecule has 0 aromatic rings. The van der Waals surface area contributed by atoms with Crippen LogP contribution in [0.4, 0.5) is 0 Å². The van der Waals surface area contributed by atoms with E-state index in [0.29, 0.717) is 0 Å². The molecular formula is C29H62N3+. The maximum absolute atomic E-state index is 2.84. The summed E-state index contributed by atoms with van der Waals surface area (Å²) in [6, 6.07) is 0. The number of hydrogen-bond acceptors (Lipinski definition) is 0. The van der Waals surface area contributed by atoms with Gasteiger partial charge in [-0.2, -0.15) is 0 Å². The van der Waals surface area contributed by atoms with Crippen LogP contribution in [0.3, 0.4) is 0 Å². The van der Waals surface area contributed by atoms with Crippen molar-refractivity contribution in [2.24, 2.45) is 0 Å². The fraction of sp³-hybridized carbons (Fsp3) is 0.966. The Hall–Kier alpha value is -0.730. The predicted molar refractivity (Wildman–Crippen MR) is 146 cm³/mol. The van der Waals surface area contributed by atoms with E-state index < -0.39 is 0 Å². The van der Waals surface area contributed by atoms with Crippen LogP contribution in [-0.4, -0.2) is 59.6 Å². The lowest BCUT2D eigenvalue weighted by molar-refractivity contribution is -0.539. The third kappa shape index (κ3) is 15.2. The van der Waals surface area contributed by atoms with E-state index in [4.69, 9.17) is 0 Å².